The zero-order valence-corrected chi connectivity index (χ0v) is 11.8. The van der Waals surface area contributed by atoms with E-state index in [1.54, 1.807) is 30.5 Å². The quantitative estimate of drug-likeness (QED) is 0.514. The van der Waals surface area contributed by atoms with Crippen molar-refractivity contribution in [1.29, 1.82) is 0 Å². The van der Waals surface area contributed by atoms with Gasteiger partial charge in [0.05, 0.1) is 6.21 Å². The van der Waals surface area contributed by atoms with Gasteiger partial charge in [0, 0.05) is 11.3 Å². The molecule has 0 unspecified atom stereocenters. The highest BCUT2D eigenvalue weighted by Crippen LogP contribution is 2.30. The first-order chi connectivity index (χ1) is 10.7. The van der Waals surface area contributed by atoms with E-state index in [0.29, 0.717) is 36.0 Å². The monoisotopic (exact) mass is 297 g/mol. The average Bonchev–Trinajstić information content (AvgIpc) is 2.55. The molecule has 0 aliphatic carbocycles. The third-order valence-corrected chi connectivity index (χ3v) is 3.12. The Labute approximate surface area is 127 Å². The molecule has 0 fully saturated rings. The second kappa shape index (κ2) is 6.17. The number of amides is 1. The lowest BCUT2D eigenvalue weighted by Crippen LogP contribution is -2.17. The molecule has 0 atom stereocenters. The first kappa shape index (κ1) is 13.9. The predicted molar refractivity (Wildman–Crippen MR) is 83.3 cm³/mol. The number of nitrogens with two attached hydrogens (primary N) is 1. The molecular weight excluding hydrogens is 282 g/mol. The Hall–Kier alpha value is -3.02. The molecule has 0 radical (unpaired) electrons. The first-order valence-electron chi connectivity index (χ1n) is 6.81. The lowest BCUT2D eigenvalue weighted by atomic mass is 10.2. The first-order valence-corrected chi connectivity index (χ1v) is 6.81. The highest BCUT2D eigenvalue weighted by atomic mass is 16.6. The molecule has 3 rings (SSSR count). The molecule has 2 aromatic carbocycles. The molecule has 0 spiro atoms. The number of ether oxygens (including phenoxy) is 2. The average molecular weight is 297 g/mol. The van der Waals surface area contributed by atoms with Crippen molar-refractivity contribution in [1.82, 2.24) is 5.43 Å². The van der Waals surface area contributed by atoms with Crippen LogP contribution in [0.1, 0.15) is 15.9 Å². The smallest absolute Gasteiger partial charge is 0.271 e. The molecular formula is C16H15N3O3. The number of nitrogens with zero attached hydrogens (tertiary/aromatic N) is 1. The van der Waals surface area contributed by atoms with Crippen molar-refractivity contribution in [2.75, 3.05) is 18.9 Å². The van der Waals surface area contributed by atoms with Gasteiger partial charge in [-0.25, -0.2) is 5.43 Å². The molecule has 3 N–H and O–H groups in total. The van der Waals surface area contributed by atoms with Gasteiger partial charge in [-0.3, -0.25) is 4.79 Å². The Morgan fingerprint density at radius 2 is 1.82 bits per heavy atom. The van der Waals surface area contributed by atoms with Gasteiger partial charge in [0.25, 0.3) is 5.91 Å². The van der Waals surface area contributed by atoms with Crippen LogP contribution in [0, 0.1) is 0 Å². The predicted octanol–water partition coefficient (Wildman–Crippen LogP) is 1.80. The topological polar surface area (TPSA) is 85.9 Å². The number of rotatable bonds is 3. The SMILES string of the molecule is Nc1ccc(C(=O)N/N=C\c2ccc3c(c2)OCCO3)cc1. The molecule has 0 saturated heterocycles. The molecule has 6 nitrogen and oxygen atoms in total. The number of hydrazone groups is 1. The zero-order valence-electron chi connectivity index (χ0n) is 11.8. The third-order valence-electron chi connectivity index (χ3n) is 3.12. The minimum Gasteiger partial charge on any atom is -0.486 e. The molecule has 1 heterocycles. The molecule has 1 aliphatic heterocycles. The van der Waals surface area contributed by atoms with Gasteiger partial charge in [-0.1, -0.05) is 0 Å². The van der Waals surface area contributed by atoms with Crippen LogP contribution in [0.15, 0.2) is 47.6 Å². The van der Waals surface area contributed by atoms with Gasteiger partial charge < -0.3 is 15.2 Å². The lowest BCUT2D eigenvalue weighted by Gasteiger charge is -2.18. The van der Waals surface area contributed by atoms with Crippen LogP contribution in [0.25, 0.3) is 0 Å². The van der Waals surface area contributed by atoms with E-state index in [2.05, 4.69) is 10.5 Å². The lowest BCUT2D eigenvalue weighted by molar-refractivity contribution is 0.0955. The van der Waals surface area contributed by atoms with Gasteiger partial charge in [0.15, 0.2) is 11.5 Å². The number of anilines is 1. The number of fused-ring (bicyclic) bond motifs is 1. The minimum absolute atomic E-state index is 0.297. The summed E-state index contributed by atoms with van der Waals surface area (Å²) >= 11 is 0. The summed E-state index contributed by atoms with van der Waals surface area (Å²) < 4.78 is 10.9. The van der Waals surface area contributed by atoms with E-state index in [0.717, 1.165) is 5.56 Å². The van der Waals surface area contributed by atoms with Crippen molar-refractivity contribution in [3.8, 4) is 11.5 Å². The van der Waals surface area contributed by atoms with Gasteiger partial charge >= 0.3 is 0 Å². The molecule has 22 heavy (non-hydrogen) atoms. The summed E-state index contributed by atoms with van der Waals surface area (Å²) in [6.45, 7) is 1.08. The minimum atomic E-state index is -0.297. The summed E-state index contributed by atoms with van der Waals surface area (Å²) in [6, 6.07) is 12.1. The molecule has 6 heteroatoms. The molecule has 112 valence electrons. The normalized spacial score (nSPS) is 13.1. The molecule has 2 aromatic rings. The summed E-state index contributed by atoms with van der Waals surface area (Å²) in [4.78, 5) is 11.9. The van der Waals surface area contributed by atoms with Crippen molar-refractivity contribution in [2.45, 2.75) is 0 Å². The number of nitrogens with one attached hydrogen (secondary N) is 1. The Kier molecular flexibility index (Phi) is 3.91. The van der Waals surface area contributed by atoms with E-state index in [1.165, 1.54) is 0 Å². The van der Waals surface area contributed by atoms with Crippen molar-refractivity contribution in [3.63, 3.8) is 0 Å². The summed E-state index contributed by atoms with van der Waals surface area (Å²) in [5, 5.41) is 3.94. The van der Waals surface area contributed by atoms with Crippen molar-refractivity contribution < 1.29 is 14.3 Å². The number of benzene rings is 2. The van der Waals surface area contributed by atoms with E-state index in [1.807, 2.05) is 18.2 Å². The molecule has 0 saturated carbocycles. The van der Waals surface area contributed by atoms with E-state index in [-0.39, 0.29) is 5.91 Å². The van der Waals surface area contributed by atoms with Gasteiger partial charge in [0.1, 0.15) is 13.2 Å². The number of nitrogen functional groups attached to an aromatic ring is 1. The standard InChI is InChI=1S/C16H15N3O3/c17-13-4-2-12(3-5-13)16(20)19-18-10-11-1-6-14-15(9-11)22-8-7-21-14/h1-6,9-10H,7-8,17H2,(H,19,20)/b18-10-. The van der Waals surface area contributed by atoms with Crippen LogP contribution in [-0.2, 0) is 0 Å². The Morgan fingerprint density at radius 1 is 1.09 bits per heavy atom. The Morgan fingerprint density at radius 3 is 2.59 bits per heavy atom. The third kappa shape index (κ3) is 3.17. The van der Waals surface area contributed by atoms with Crippen LogP contribution >= 0.6 is 0 Å². The number of carbonyl (C=O) groups excluding carboxylic acids is 1. The van der Waals surface area contributed by atoms with Crippen LogP contribution in [0.5, 0.6) is 11.5 Å². The van der Waals surface area contributed by atoms with Crippen molar-refractivity contribution in [3.05, 3.63) is 53.6 Å². The van der Waals surface area contributed by atoms with Gasteiger partial charge in [0.2, 0.25) is 0 Å². The van der Waals surface area contributed by atoms with E-state index >= 15 is 0 Å². The van der Waals surface area contributed by atoms with E-state index in [4.69, 9.17) is 15.2 Å². The number of hydrogen-bond acceptors (Lipinski definition) is 5. The fourth-order valence-electron chi connectivity index (χ4n) is 2.00. The van der Waals surface area contributed by atoms with Crippen LogP contribution in [0.2, 0.25) is 0 Å². The molecule has 1 aliphatic rings. The van der Waals surface area contributed by atoms with Gasteiger partial charge in [-0.2, -0.15) is 5.10 Å². The van der Waals surface area contributed by atoms with Crippen LogP contribution in [0.3, 0.4) is 0 Å². The Balaban J connectivity index is 1.64. The summed E-state index contributed by atoms with van der Waals surface area (Å²) in [5.74, 6) is 1.10. The van der Waals surface area contributed by atoms with Crippen molar-refractivity contribution in [2.24, 2.45) is 5.10 Å². The summed E-state index contributed by atoms with van der Waals surface area (Å²) in [7, 11) is 0. The summed E-state index contributed by atoms with van der Waals surface area (Å²) in [5.41, 5.74) is 9.95. The number of carbonyl (C=O) groups is 1. The highest BCUT2D eigenvalue weighted by Gasteiger charge is 2.11. The van der Waals surface area contributed by atoms with E-state index < -0.39 is 0 Å². The maximum Gasteiger partial charge on any atom is 0.271 e. The second-order valence-electron chi connectivity index (χ2n) is 4.72. The largest absolute Gasteiger partial charge is 0.486 e. The fourth-order valence-corrected chi connectivity index (χ4v) is 2.00. The molecule has 0 bridgehead atoms. The fraction of sp³-hybridized carbons (Fsp3) is 0.125. The molecule has 1 amide bonds. The van der Waals surface area contributed by atoms with Crippen LogP contribution in [0.4, 0.5) is 5.69 Å². The van der Waals surface area contributed by atoms with Crippen molar-refractivity contribution >= 4 is 17.8 Å². The summed E-state index contributed by atoms with van der Waals surface area (Å²) in [6.07, 6.45) is 1.55. The zero-order chi connectivity index (χ0) is 15.4. The Bertz CT molecular complexity index is 711. The highest BCUT2D eigenvalue weighted by molar-refractivity contribution is 5.95. The van der Waals surface area contributed by atoms with Gasteiger partial charge in [-0.15, -0.1) is 0 Å². The van der Waals surface area contributed by atoms with Crippen LogP contribution in [-0.4, -0.2) is 25.3 Å². The van der Waals surface area contributed by atoms with Crippen LogP contribution < -0.4 is 20.6 Å². The second-order valence-corrected chi connectivity index (χ2v) is 4.72. The van der Waals surface area contributed by atoms with E-state index in [9.17, 15) is 4.79 Å². The van der Waals surface area contributed by atoms with Gasteiger partial charge in [-0.05, 0) is 48.0 Å². The maximum atomic E-state index is 11.9. The maximum absolute atomic E-state index is 11.9. The molecule has 0 aromatic heterocycles. The number of hydrogen-bond donors (Lipinski definition) is 2.